The molecule has 0 atom stereocenters. The molecule has 122 valence electrons. The summed E-state index contributed by atoms with van der Waals surface area (Å²) in [4.78, 5) is 28.8. The normalized spacial score (nSPS) is 10.6. The molecular weight excluding hydrogens is 308 g/mol. The van der Waals surface area contributed by atoms with Crippen LogP contribution in [0.1, 0.15) is 10.5 Å². The van der Waals surface area contributed by atoms with Gasteiger partial charge in [0.1, 0.15) is 0 Å². The molecule has 4 N–H and O–H groups in total. The molecule has 0 bridgehead atoms. The summed E-state index contributed by atoms with van der Waals surface area (Å²) >= 11 is 0. The number of hydrogen-bond acceptors (Lipinski definition) is 4. The fraction of sp³-hybridized carbons (Fsp3) is 0.125. The number of H-pyrrole nitrogens is 1. The molecule has 8 heteroatoms. The molecule has 0 saturated heterocycles. The van der Waals surface area contributed by atoms with Gasteiger partial charge in [-0.25, -0.2) is 4.79 Å². The van der Waals surface area contributed by atoms with Gasteiger partial charge in [0.25, 0.3) is 5.91 Å². The van der Waals surface area contributed by atoms with Gasteiger partial charge in [-0.05, 0) is 23.8 Å². The third-order valence-corrected chi connectivity index (χ3v) is 3.53. The van der Waals surface area contributed by atoms with Crippen LogP contribution in [-0.4, -0.2) is 46.1 Å². The Hall–Kier alpha value is -3.42. The lowest BCUT2D eigenvalue weighted by molar-refractivity contribution is 0.0997. The average molecular weight is 324 g/mol. The Kier molecular flexibility index (Phi) is 3.87. The van der Waals surface area contributed by atoms with Gasteiger partial charge >= 0.3 is 6.03 Å². The first kappa shape index (κ1) is 15.5. The minimum Gasteiger partial charge on any atom is -0.364 e. The molecule has 3 amide bonds. The molecule has 1 aromatic carbocycles. The maximum atomic E-state index is 11.7. The van der Waals surface area contributed by atoms with Crippen molar-refractivity contribution in [2.75, 3.05) is 19.4 Å². The molecule has 2 aromatic heterocycles. The van der Waals surface area contributed by atoms with Crippen LogP contribution in [0.2, 0.25) is 0 Å². The van der Waals surface area contributed by atoms with E-state index in [1.807, 2.05) is 18.2 Å². The molecule has 0 saturated carbocycles. The minimum absolute atomic E-state index is 0.192. The number of aromatic amines is 1. The van der Waals surface area contributed by atoms with Crippen molar-refractivity contribution in [2.24, 2.45) is 5.73 Å². The second kappa shape index (κ2) is 5.99. The van der Waals surface area contributed by atoms with Crippen molar-refractivity contribution in [3.8, 4) is 11.1 Å². The Balaban J connectivity index is 1.99. The van der Waals surface area contributed by atoms with Crippen molar-refractivity contribution in [1.29, 1.82) is 0 Å². The Labute approximate surface area is 137 Å². The van der Waals surface area contributed by atoms with E-state index in [4.69, 9.17) is 5.73 Å². The molecular formula is C16H16N6O2. The number of nitrogens with one attached hydrogen (secondary N) is 2. The number of amides is 3. The van der Waals surface area contributed by atoms with Crippen LogP contribution >= 0.6 is 0 Å². The second-order valence-electron chi connectivity index (χ2n) is 5.48. The fourth-order valence-electron chi connectivity index (χ4n) is 2.28. The van der Waals surface area contributed by atoms with Crippen LogP contribution in [0.3, 0.4) is 0 Å². The summed E-state index contributed by atoms with van der Waals surface area (Å²) in [5.74, 6) is -0.594. The van der Waals surface area contributed by atoms with Crippen molar-refractivity contribution < 1.29 is 9.59 Å². The zero-order valence-electron chi connectivity index (χ0n) is 13.2. The van der Waals surface area contributed by atoms with Gasteiger partial charge in [-0.1, -0.05) is 6.07 Å². The number of hydrogen-bond donors (Lipinski definition) is 3. The van der Waals surface area contributed by atoms with E-state index in [2.05, 4.69) is 20.5 Å². The first-order chi connectivity index (χ1) is 11.5. The molecule has 0 aliphatic rings. The topological polar surface area (TPSA) is 117 Å². The Morgan fingerprint density at radius 1 is 1.17 bits per heavy atom. The van der Waals surface area contributed by atoms with Gasteiger partial charge < -0.3 is 16.0 Å². The van der Waals surface area contributed by atoms with Gasteiger partial charge in [-0.3, -0.25) is 14.9 Å². The molecule has 0 spiro atoms. The molecule has 2 heterocycles. The summed E-state index contributed by atoms with van der Waals surface area (Å²) in [5.41, 5.74) is 8.45. The van der Waals surface area contributed by atoms with Crippen LogP contribution < -0.4 is 11.1 Å². The number of aromatic nitrogens is 3. The number of rotatable bonds is 3. The van der Waals surface area contributed by atoms with Gasteiger partial charge in [-0.15, -0.1) is 0 Å². The van der Waals surface area contributed by atoms with Crippen LogP contribution in [-0.2, 0) is 0 Å². The highest BCUT2D eigenvalue weighted by Crippen LogP contribution is 2.26. The third-order valence-electron chi connectivity index (χ3n) is 3.53. The van der Waals surface area contributed by atoms with Crippen LogP contribution in [0.15, 0.2) is 36.7 Å². The molecule has 0 fully saturated rings. The van der Waals surface area contributed by atoms with Crippen molar-refractivity contribution in [1.82, 2.24) is 20.1 Å². The number of carbonyl (C=O) groups is 2. The van der Waals surface area contributed by atoms with E-state index in [0.717, 1.165) is 16.6 Å². The van der Waals surface area contributed by atoms with E-state index in [-0.39, 0.29) is 11.7 Å². The highest BCUT2D eigenvalue weighted by molar-refractivity contribution is 6.05. The first-order valence-corrected chi connectivity index (χ1v) is 7.17. The third kappa shape index (κ3) is 2.89. The monoisotopic (exact) mass is 324 g/mol. The van der Waals surface area contributed by atoms with E-state index in [1.165, 1.54) is 4.90 Å². The zero-order chi connectivity index (χ0) is 17.3. The van der Waals surface area contributed by atoms with Crippen molar-refractivity contribution >= 4 is 28.5 Å². The van der Waals surface area contributed by atoms with Gasteiger partial charge in [0.05, 0.1) is 17.4 Å². The SMILES string of the molecule is CN(C)C(=O)Nc1cncc(-c2ccc3[nH]nc(C(N)=O)c3c2)c1. The maximum Gasteiger partial charge on any atom is 0.321 e. The lowest BCUT2D eigenvalue weighted by Gasteiger charge is -2.12. The Morgan fingerprint density at radius 3 is 2.67 bits per heavy atom. The molecule has 24 heavy (non-hydrogen) atoms. The number of primary amides is 1. The van der Waals surface area contributed by atoms with Gasteiger partial charge in [0, 0.05) is 31.2 Å². The number of fused-ring (bicyclic) bond motifs is 1. The fourth-order valence-corrected chi connectivity index (χ4v) is 2.28. The molecule has 3 rings (SSSR count). The van der Waals surface area contributed by atoms with Crippen molar-refractivity contribution in [3.05, 3.63) is 42.4 Å². The predicted molar refractivity (Wildman–Crippen MR) is 90.5 cm³/mol. The van der Waals surface area contributed by atoms with Crippen LogP contribution in [0.4, 0.5) is 10.5 Å². The number of benzene rings is 1. The van der Waals surface area contributed by atoms with Gasteiger partial charge in [-0.2, -0.15) is 5.10 Å². The smallest absolute Gasteiger partial charge is 0.321 e. The molecule has 0 aliphatic heterocycles. The van der Waals surface area contributed by atoms with E-state index in [9.17, 15) is 9.59 Å². The molecule has 0 aliphatic carbocycles. The first-order valence-electron chi connectivity index (χ1n) is 7.17. The van der Waals surface area contributed by atoms with E-state index in [0.29, 0.717) is 11.1 Å². The minimum atomic E-state index is -0.594. The van der Waals surface area contributed by atoms with Gasteiger partial charge in [0.15, 0.2) is 5.69 Å². The van der Waals surface area contributed by atoms with Crippen molar-refractivity contribution in [2.45, 2.75) is 0 Å². The summed E-state index contributed by atoms with van der Waals surface area (Å²) in [6.45, 7) is 0. The number of anilines is 1. The summed E-state index contributed by atoms with van der Waals surface area (Å²) in [6, 6.07) is 7.07. The molecule has 3 aromatic rings. The number of nitrogens with two attached hydrogens (primary N) is 1. The maximum absolute atomic E-state index is 11.7. The quantitative estimate of drug-likeness (QED) is 0.681. The molecule has 8 nitrogen and oxygen atoms in total. The largest absolute Gasteiger partial charge is 0.364 e. The van der Waals surface area contributed by atoms with Gasteiger partial charge in [0.2, 0.25) is 0 Å². The van der Waals surface area contributed by atoms with E-state index in [1.54, 1.807) is 32.6 Å². The highest BCUT2D eigenvalue weighted by atomic mass is 16.2. The summed E-state index contributed by atoms with van der Waals surface area (Å²) < 4.78 is 0. The average Bonchev–Trinajstić information content (AvgIpc) is 2.98. The van der Waals surface area contributed by atoms with Crippen LogP contribution in [0, 0.1) is 0 Å². The summed E-state index contributed by atoms with van der Waals surface area (Å²) in [5, 5.41) is 10.1. The van der Waals surface area contributed by atoms with Crippen LogP contribution in [0.25, 0.3) is 22.0 Å². The Bertz CT molecular complexity index is 931. The van der Waals surface area contributed by atoms with E-state index >= 15 is 0 Å². The lowest BCUT2D eigenvalue weighted by Crippen LogP contribution is -2.27. The number of nitrogens with zero attached hydrogens (tertiary/aromatic N) is 3. The second-order valence-corrected chi connectivity index (χ2v) is 5.48. The number of pyridine rings is 1. The Morgan fingerprint density at radius 2 is 1.96 bits per heavy atom. The summed E-state index contributed by atoms with van der Waals surface area (Å²) in [6.07, 6.45) is 3.24. The van der Waals surface area contributed by atoms with Crippen LogP contribution in [0.5, 0.6) is 0 Å². The highest BCUT2D eigenvalue weighted by Gasteiger charge is 2.12. The number of urea groups is 1. The zero-order valence-corrected chi connectivity index (χ0v) is 13.2. The molecule has 0 radical (unpaired) electrons. The number of carbonyl (C=O) groups excluding carboxylic acids is 2. The van der Waals surface area contributed by atoms with E-state index < -0.39 is 5.91 Å². The summed E-state index contributed by atoms with van der Waals surface area (Å²) in [7, 11) is 3.32. The molecule has 0 unspecified atom stereocenters. The lowest BCUT2D eigenvalue weighted by atomic mass is 10.0. The van der Waals surface area contributed by atoms with Crippen molar-refractivity contribution in [3.63, 3.8) is 0 Å². The predicted octanol–water partition coefficient (Wildman–Crippen LogP) is 1.82. The standard InChI is InChI=1S/C16H16N6O2/c1-22(2)16(24)19-11-5-10(7-18-8-11)9-3-4-13-12(6-9)14(15(17)23)21-20-13/h3-8H,1-2H3,(H2,17,23)(H,19,24)(H,20,21).